The van der Waals surface area contributed by atoms with E-state index >= 15 is 0 Å². The van der Waals surface area contributed by atoms with E-state index in [4.69, 9.17) is 0 Å². The van der Waals surface area contributed by atoms with Gasteiger partial charge in [-0.15, -0.1) is 0 Å². The maximum atomic E-state index is 2.55. The van der Waals surface area contributed by atoms with Crippen molar-refractivity contribution in [1.29, 1.82) is 0 Å². The lowest BCUT2D eigenvalue weighted by molar-refractivity contribution is 0.280. The molecule has 0 saturated heterocycles. The van der Waals surface area contributed by atoms with Crippen LogP contribution in [-0.4, -0.2) is 24.5 Å². The van der Waals surface area contributed by atoms with Gasteiger partial charge in [0.25, 0.3) is 0 Å². The number of rotatable bonds is 8. The highest BCUT2D eigenvalue weighted by atomic mass is 15.1. The molecule has 112 valence electrons. The van der Waals surface area contributed by atoms with Crippen molar-refractivity contribution in [3.63, 3.8) is 0 Å². The fourth-order valence-corrected chi connectivity index (χ4v) is 2.95. The molecular weight excluding hydrogens is 254 g/mol. The van der Waals surface area contributed by atoms with Crippen molar-refractivity contribution in [3.05, 3.63) is 71.8 Å². The third-order valence-corrected chi connectivity index (χ3v) is 4.12. The van der Waals surface area contributed by atoms with E-state index in [1.165, 1.54) is 37.1 Å². The summed E-state index contributed by atoms with van der Waals surface area (Å²) in [6.45, 7) is 8.03. The molecule has 1 nitrogen and oxygen atoms in total. The van der Waals surface area contributed by atoms with Crippen molar-refractivity contribution in [2.45, 2.75) is 32.6 Å². The van der Waals surface area contributed by atoms with Gasteiger partial charge < -0.3 is 4.90 Å². The van der Waals surface area contributed by atoms with E-state index in [9.17, 15) is 0 Å². The molecule has 21 heavy (non-hydrogen) atoms. The SMILES string of the molecule is CCCN(CC)CCC(c1ccccc1)c1ccccc1. The van der Waals surface area contributed by atoms with Crippen LogP contribution in [0, 0.1) is 0 Å². The highest BCUT2D eigenvalue weighted by molar-refractivity contribution is 5.32. The quantitative estimate of drug-likeness (QED) is 0.662. The second-order valence-corrected chi connectivity index (χ2v) is 5.60. The zero-order valence-electron chi connectivity index (χ0n) is 13.3. The fourth-order valence-electron chi connectivity index (χ4n) is 2.95. The van der Waals surface area contributed by atoms with Crippen molar-refractivity contribution in [1.82, 2.24) is 4.90 Å². The number of benzene rings is 2. The van der Waals surface area contributed by atoms with Crippen LogP contribution in [0.4, 0.5) is 0 Å². The Balaban J connectivity index is 2.13. The van der Waals surface area contributed by atoms with Gasteiger partial charge in [0.1, 0.15) is 0 Å². The average Bonchev–Trinajstić information content (AvgIpc) is 2.56. The summed E-state index contributed by atoms with van der Waals surface area (Å²) in [7, 11) is 0. The molecule has 0 amide bonds. The maximum Gasteiger partial charge on any atom is 0.0101 e. The van der Waals surface area contributed by atoms with Crippen LogP contribution in [0.3, 0.4) is 0 Å². The minimum atomic E-state index is 0.498. The van der Waals surface area contributed by atoms with Crippen LogP contribution >= 0.6 is 0 Å². The van der Waals surface area contributed by atoms with Crippen LogP contribution in [0.1, 0.15) is 43.7 Å². The van der Waals surface area contributed by atoms with Crippen molar-refractivity contribution in [2.24, 2.45) is 0 Å². The Kier molecular flexibility index (Phi) is 6.49. The Hall–Kier alpha value is -1.60. The summed E-state index contributed by atoms with van der Waals surface area (Å²) in [5.74, 6) is 0.498. The first-order chi connectivity index (χ1) is 10.3. The van der Waals surface area contributed by atoms with E-state index < -0.39 is 0 Å². The van der Waals surface area contributed by atoms with E-state index in [0.717, 1.165) is 6.54 Å². The van der Waals surface area contributed by atoms with Crippen molar-refractivity contribution >= 4 is 0 Å². The minimum absolute atomic E-state index is 0.498. The zero-order chi connectivity index (χ0) is 14.9. The lowest BCUT2D eigenvalue weighted by Gasteiger charge is -2.24. The van der Waals surface area contributed by atoms with Crippen LogP contribution in [0.2, 0.25) is 0 Å². The molecule has 0 N–H and O–H groups in total. The van der Waals surface area contributed by atoms with Gasteiger partial charge in [-0.1, -0.05) is 74.5 Å². The highest BCUT2D eigenvalue weighted by Crippen LogP contribution is 2.28. The summed E-state index contributed by atoms with van der Waals surface area (Å²) in [5.41, 5.74) is 2.85. The second-order valence-electron chi connectivity index (χ2n) is 5.60. The zero-order valence-corrected chi connectivity index (χ0v) is 13.3. The smallest absolute Gasteiger partial charge is 0.0101 e. The van der Waals surface area contributed by atoms with Crippen LogP contribution < -0.4 is 0 Å². The predicted octanol–water partition coefficient (Wildman–Crippen LogP) is 4.94. The van der Waals surface area contributed by atoms with E-state index in [0.29, 0.717) is 5.92 Å². The molecule has 2 aromatic rings. The molecule has 0 aromatic heterocycles. The first-order valence-corrected chi connectivity index (χ1v) is 8.17. The van der Waals surface area contributed by atoms with E-state index in [-0.39, 0.29) is 0 Å². The summed E-state index contributed by atoms with van der Waals surface area (Å²) >= 11 is 0. The lowest BCUT2D eigenvalue weighted by atomic mass is 9.88. The lowest BCUT2D eigenvalue weighted by Crippen LogP contribution is -2.26. The molecule has 0 aliphatic carbocycles. The molecule has 0 aliphatic rings. The van der Waals surface area contributed by atoms with Gasteiger partial charge >= 0.3 is 0 Å². The Labute approximate surface area is 129 Å². The number of hydrogen-bond acceptors (Lipinski definition) is 1. The summed E-state index contributed by atoms with van der Waals surface area (Å²) in [6.07, 6.45) is 2.41. The third kappa shape index (κ3) is 4.71. The molecular formula is C20H27N. The summed E-state index contributed by atoms with van der Waals surface area (Å²) in [4.78, 5) is 2.55. The molecule has 0 atom stereocenters. The van der Waals surface area contributed by atoms with Crippen LogP contribution in [0.15, 0.2) is 60.7 Å². The van der Waals surface area contributed by atoms with Crippen molar-refractivity contribution in [3.8, 4) is 0 Å². The number of hydrogen-bond donors (Lipinski definition) is 0. The Bertz CT molecular complexity index is 452. The maximum absolute atomic E-state index is 2.55. The summed E-state index contributed by atoms with van der Waals surface area (Å²) < 4.78 is 0. The molecule has 0 aliphatic heterocycles. The van der Waals surface area contributed by atoms with E-state index in [1.54, 1.807) is 0 Å². The molecule has 0 fully saturated rings. The van der Waals surface area contributed by atoms with Gasteiger partial charge in [-0.3, -0.25) is 0 Å². The standard InChI is InChI=1S/C20H27N/c1-3-16-21(4-2)17-15-20(18-11-7-5-8-12-18)19-13-9-6-10-14-19/h5-14,20H,3-4,15-17H2,1-2H3. The highest BCUT2D eigenvalue weighted by Gasteiger charge is 2.14. The van der Waals surface area contributed by atoms with Gasteiger partial charge in [-0.25, -0.2) is 0 Å². The van der Waals surface area contributed by atoms with Gasteiger partial charge in [-0.2, -0.15) is 0 Å². The number of nitrogens with zero attached hydrogens (tertiary/aromatic N) is 1. The van der Waals surface area contributed by atoms with Gasteiger partial charge in [0.2, 0.25) is 0 Å². The summed E-state index contributed by atoms with van der Waals surface area (Å²) in [5, 5.41) is 0. The topological polar surface area (TPSA) is 3.24 Å². The minimum Gasteiger partial charge on any atom is -0.304 e. The van der Waals surface area contributed by atoms with E-state index in [2.05, 4.69) is 79.4 Å². The van der Waals surface area contributed by atoms with Gasteiger partial charge in [-0.05, 0) is 43.6 Å². The van der Waals surface area contributed by atoms with E-state index in [1.807, 2.05) is 0 Å². The largest absolute Gasteiger partial charge is 0.304 e. The molecule has 0 bridgehead atoms. The van der Waals surface area contributed by atoms with Crippen LogP contribution in [0.25, 0.3) is 0 Å². The molecule has 1 heteroatoms. The molecule has 0 heterocycles. The van der Waals surface area contributed by atoms with Gasteiger partial charge in [0, 0.05) is 5.92 Å². The molecule has 2 rings (SSSR count). The first kappa shape index (κ1) is 15.8. The second kappa shape index (κ2) is 8.63. The molecule has 0 spiro atoms. The third-order valence-electron chi connectivity index (χ3n) is 4.12. The summed E-state index contributed by atoms with van der Waals surface area (Å²) in [6, 6.07) is 21.8. The van der Waals surface area contributed by atoms with Gasteiger partial charge in [0.05, 0.1) is 0 Å². The first-order valence-electron chi connectivity index (χ1n) is 8.17. The molecule has 0 radical (unpaired) electrons. The van der Waals surface area contributed by atoms with Crippen molar-refractivity contribution in [2.75, 3.05) is 19.6 Å². The Morgan fingerprint density at radius 1 is 0.762 bits per heavy atom. The molecule has 0 saturated carbocycles. The normalized spacial score (nSPS) is 11.2. The van der Waals surface area contributed by atoms with Gasteiger partial charge in [0.15, 0.2) is 0 Å². The fraction of sp³-hybridized carbons (Fsp3) is 0.400. The Morgan fingerprint density at radius 2 is 1.29 bits per heavy atom. The van der Waals surface area contributed by atoms with Crippen LogP contribution in [-0.2, 0) is 0 Å². The predicted molar refractivity (Wildman–Crippen MR) is 91.7 cm³/mol. The molecule has 2 aromatic carbocycles. The Morgan fingerprint density at radius 3 is 1.71 bits per heavy atom. The molecule has 0 unspecified atom stereocenters. The van der Waals surface area contributed by atoms with Crippen LogP contribution in [0.5, 0.6) is 0 Å². The monoisotopic (exact) mass is 281 g/mol. The van der Waals surface area contributed by atoms with Crippen molar-refractivity contribution < 1.29 is 0 Å². The average molecular weight is 281 g/mol.